The summed E-state index contributed by atoms with van der Waals surface area (Å²) in [5, 5.41) is 3.48. The highest BCUT2D eigenvalue weighted by Crippen LogP contribution is 2.09. The predicted molar refractivity (Wildman–Crippen MR) is 55.5 cm³/mol. The molecule has 0 aliphatic heterocycles. The zero-order chi connectivity index (χ0) is 9.68. The number of hydrogen-bond donors (Lipinski definition) is 1. The van der Waals surface area contributed by atoms with Gasteiger partial charge in [0.2, 0.25) is 0 Å². The van der Waals surface area contributed by atoms with Crippen molar-refractivity contribution in [2.45, 2.75) is 39.3 Å². The van der Waals surface area contributed by atoms with Crippen molar-refractivity contribution in [2.24, 2.45) is 0 Å². The minimum Gasteiger partial charge on any atom is -0.306 e. The molecule has 0 aromatic carbocycles. The van der Waals surface area contributed by atoms with Crippen LogP contribution in [0.25, 0.3) is 0 Å². The number of nitrogens with zero attached hydrogens (tertiary/aromatic N) is 1. The van der Waals surface area contributed by atoms with Crippen LogP contribution in [0.4, 0.5) is 0 Å². The molecule has 1 aromatic heterocycles. The molecule has 13 heavy (non-hydrogen) atoms. The summed E-state index contributed by atoms with van der Waals surface area (Å²) in [6.07, 6.45) is 2.99. The zero-order valence-electron chi connectivity index (χ0n) is 8.62. The smallest absolute Gasteiger partial charge is 0.0570 e. The van der Waals surface area contributed by atoms with Crippen molar-refractivity contribution < 1.29 is 0 Å². The maximum atomic E-state index is 4.30. The molecule has 0 spiro atoms. The Hall–Kier alpha value is -0.890. The van der Waals surface area contributed by atoms with Crippen LogP contribution in [0, 0.1) is 0 Å². The number of hydrogen-bond acceptors (Lipinski definition) is 2. The van der Waals surface area contributed by atoms with E-state index in [0.717, 1.165) is 12.1 Å². The Morgan fingerprint density at radius 1 is 1.38 bits per heavy atom. The van der Waals surface area contributed by atoms with E-state index in [4.69, 9.17) is 0 Å². The lowest BCUT2D eigenvalue weighted by Crippen LogP contribution is -2.28. The van der Waals surface area contributed by atoms with E-state index in [0.29, 0.717) is 12.1 Å². The first-order chi connectivity index (χ1) is 6.24. The van der Waals surface area contributed by atoms with E-state index in [1.54, 1.807) is 0 Å². The van der Waals surface area contributed by atoms with Crippen LogP contribution in [-0.4, -0.2) is 11.0 Å². The fraction of sp³-hybridized carbons (Fsp3) is 0.545. The number of nitrogens with one attached hydrogen (secondary N) is 1. The van der Waals surface area contributed by atoms with Crippen molar-refractivity contribution in [2.75, 3.05) is 0 Å². The lowest BCUT2D eigenvalue weighted by molar-refractivity contribution is 0.462. The third-order valence-electron chi connectivity index (χ3n) is 2.28. The van der Waals surface area contributed by atoms with Crippen LogP contribution >= 0.6 is 0 Å². The summed E-state index contributed by atoms with van der Waals surface area (Å²) in [6, 6.07) is 6.92. The van der Waals surface area contributed by atoms with Crippen molar-refractivity contribution in [3.05, 3.63) is 30.1 Å². The summed E-state index contributed by atoms with van der Waals surface area (Å²) < 4.78 is 0. The van der Waals surface area contributed by atoms with Crippen LogP contribution in [0.5, 0.6) is 0 Å². The van der Waals surface area contributed by atoms with Gasteiger partial charge in [-0.25, -0.2) is 0 Å². The largest absolute Gasteiger partial charge is 0.306 e. The SMILES string of the molecule is CC[C@@H](C)N[C@H](C)c1ccccn1. The molecule has 1 heterocycles. The molecule has 72 valence electrons. The van der Waals surface area contributed by atoms with Gasteiger partial charge in [0.1, 0.15) is 0 Å². The summed E-state index contributed by atoms with van der Waals surface area (Å²) >= 11 is 0. The molecule has 0 unspecified atom stereocenters. The molecular weight excluding hydrogens is 160 g/mol. The van der Waals surface area contributed by atoms with Gasteiger partial charge in [0, 0.05) is 18.3 Å². The van der Waals surface area contributed by atoms with E-state index in [1.165, 1.54) is 0 Å². The van der Waals surface area contributed by atoms with Crippen LogP contribution in [0.3, 0.4) is 0 Å². The second-order valence-corrected chi connectivity index (χ2v) is 3.45. The standard InChI is InChI=1S/C11H18N2/c1-4-9(2)13-10(3)11-7-5-6-8-12-11/h5-10,13H,4H2,1-3H3/t9-,10-/m1/s1. The fourth-order valence-corrected chi connectivity index (χ4v) is 1.26. The third-order valence-corrected chi connectivity index (χ3v) is 2.28. The molecule has 2 heteroatoms. The molecule has 2 atom stereocenters. The molecule has 0 aliphatic carbocycles. The Kier molecular flexibility index (Phi) is 3.90. The molecule has 0 saturated heterocycles. The van der Waals surface area contributed by atoms with Gasteiger partial charge in [-0.15, -0.1) is 0 Å². The number of rotatable bonds is 4. The number of pyridine rings is 1. The lowest BCUT2D eigenvalue weighted by Gasteiger charge is -2.17. The highest BCUT2D eigenvalue weighted by molar-refractivity contribution is 5.07. The Morgan fingerprint density at radius 2 is 2.15 bits per heavy atom. The van der Waals surface area contributed by atoms with E-state index < -0.39 is 0 Å². The zero-order valence-corrected chi connectivity index (χ0v) is 8.62. The molecular formula is C11H18N2. The summed E-state index contributed by atoms with van der Waals surface area (Å²) in [5.41, 5.74) is 1.11. The molecule has 1 aromatic rings. The van der Waals surface area contributed by atoms with Crippen LogP contribution < -0.4 is 5.32 Å². The van der Waals surface area contributed by atoms with Gasteiger partial charge in [-0.2, -0.15) is 0 Å². The first kappa shape index (κ1) is 10.2. The highest BCUT2D eigenvalue weighted by atomic mass is 15.0. The molecule has 2 nitrogen and oxygen atoms in total. The van der Waals surface area contributed by atoms with Crippen molar-refractivity contribution >= 4 is 0 Å². The molecule has 0 fully saturated rings. The molecule has 0 bridgehead atoms. The van der Waals surface area contributed by atoms with Gasteiger partial charge in [0.15, 0.2) is 0 Å². The quantitative estimate of drug-likeness (QED) is 0.766. The topological polar surface area (TPSA) is 24.9 Å². The first-order valence-corrected chi connectivity index (χ1v) is 4.91. The Labute approximate surface area is 80.4 Å². The Bertz CT molecular complexity index is 233. The average Bonchev–Trinajstić information content (AvgIpc) is 2.19. The van der Waals surface area contributed by atoms with E-state index in [1.807, 2.05) is 18.3 Å². The highest BCUT2D eigenvalue weighted by Gasteiger charge is 2.07. The van der Waals surface area contributed by atoms with Crippen LogP contribution in [0.2, 0.25) is 0 Å². The van der Waals surface area contributed by atoms with Gasteiger partial charge >= 0.3 is 0 Å². The third kappa shape index (κ3) is 3.15. The van der Waals surface area contributed by atoms with Gasteiger partial charge in [-0.05, 0) is 32.4 Å². The number of aromatic nitrogens is 1. The van der Waals surface area contributed by atoms with E-state index in [9.17, 15) is 0 Å². The maximum Gasteiger partial charge on any atom is 0.0570 e. The van der Waals surface area contributed by atoms with E-state index >= 15 is 0 Å². The summed E-state index contributed by atoms with van der Waals surface area (Å²) in [7, 11) is 0. The minimum atomic E-state index is 0.344. The van der Waals surface area contributed by atoms with E-state index in [2.05, 4.69) is 37.1 Å². The van der Waals surface area contributed by atoms with Crippen molar-refractivity contribution in [1.82, 2.24) is 10.3 Å². The molecule has 0 amide bonds. The molecule has 1 N–H and O–H groups in total. The molecule has 0 radical (unpaired) electrons. The maximum absolute atomic E-state index is 4.30. The van der Waals surface area contributed by atoms with Gasteiger partial charge in [0.05, 0.1) is 5.69 Å². The summed E-state index contributed by atoms with van der Waals surface area (Å²) in [4.78, 5) is 4.30. The van der Waals surface area contributed by atoms with Crippen LogP contribution in [0.15, 0.2) is 24.4 Å². The lowest BCUT2D eigenvalue weighted by atomic mass is 10.1. The summed E-state index contributed by atoms with van der Waals surface area (Å²) in [6.45, 7) is 6.52. The van der Waals surface area contributed by atoms with Crippen molar-refractivity contribution in [3.63, 3.8) is 0 Å². The normalized spacial score (nSPS) is 15.3. The Balaban J connectivity index is 2.53. The monoisotopic (exact) mass is 178 g/mol. The van der Waals surface area contributed by atoms with E-state index in [-0.39, 0.29) is 0 Å². The second-order valence-electron chi connectivity index (χ2n) is 3.45. The van der Waals surface area contributed by atoms with Gasteiger partial charge in [-0.3, -0.25) is 4.98 Å². The van der Waals surface area contributed by atoms with Crippen molar-refractivity contribution in [3.8, 4) is 0 Å². The van der Waals surface area contributed by atoms with Gasteiger partial charge in [-0.1, -0.05) is 13.0 Å². The minimum absolute atomic E-state index is 0.344. The first-order valence-electron chi connectivity index (χ1n) is 4.91. The molecule has 0 saturated carbocycles. The van der Waals surface area contributed by atoms with Gasteiger partial charge < -0.3 is 5.32 Å². The van der Waals surface area contributed by atoms with Crippen molar-refractivity contribution in [1.29, 1.82) is 0 Å². The Morgan fingerprint density at radius 3 is 2.69 bits per heavy atom. The average molecular weight is 178 g/mol. The fourth-order valence-electron chi connectivity index (χ4n) is 1.26. The van der Waals surface area contributed by atoms with Crippen LogP contribution in [-0.2, 0) is 0 Å². The molecule has 0 aliphatic rings. The molecule has 1 rings (SSSR count). The second kappa shape index (κ2) is 4.97. The predicted octanol–water partition coefficient (Wildman–Crippen LogP) is 2.53. The summed E-state index contributed by atoms with van der Waals surface area (Å²) in [5.74, 6) is 0. The van der Waals surface area contributed by atoms with Gasteiger partial charge in [0.25, 0.3) is 0 Å². The van der Waals surface area contributed by atoms with Crippen LogP contribution in [0.1, 0.15) is 38.9 Å².